The number of nitrogens with zero attached hydrogens (tertiary/aromatic N) is 2. The van der Waals surface area contributed by atoms with Crippen LogP contribution >= 0.6 is 11.6 Å². The summed E-state index contributed by atoms with van der Waals surface area (Å²) in [6, 6.07) is 12.9. The minimum absolute atomic E-state index is 0.0453. The van der Waals surface area contributed by atoms with Crippen molar-refractivity contribution in [2.75, 3.05) is 32.8 Å². The molecule has 0 bridgehead atoms. The summed E-state index contributed by atoms with van der Waals surface area (Å²) in [4.78, 5) is 15.8. The SMILES string of the molecule is CC(C)(C)c1cc(Cl)cc(CO)c1.Fc1ccccc1.NC(=O)/N=C(\N)CN1CCOCC1. The van der Waals surface area contributed by atoms with Crippen molar-refractivity contribution in [1.29, 1.82) is 0 Å². The van der Waals surface area contributed by atoms with E-state index in [0.717, 1.165) is 24.2 Å². The molecule has 182 valence electrons. The summed E-state index contributed by atoms with van der Waals surface area (Å²) in [5.41, 5.74) is 12.4. The molecule has 7 nitrogen and oxygen atoms in total. The average molecular weight is 481 g/mol. The molecule has 5 N–H and O–H groups in total. The van der Waals surface area contributed by atoms with Gasteiger partial charge >= 0.3 is 6.03 Å². The summed E-state index contributed by atoms with van der Waals surface area (Å²) in [5, 5.41) is 9.68. The zero-order valence-electron chi connectivity index (χ0n) is 19.4. The first-order chi connectivity index (χ1) is 15.5. The van der Waals surface area contributed by atoms with E-state index in [9.17, 15) is 9.18 Å². The van der Waals surface area contributed by atoms with E-state index in [1.54, 1.807) is 24.3 Å². The first-order valence-corrected chi connectivity index (χ1v) is 10.9. The van der Waals surface area contributed by atoms with Gasteiger partial charge < -0.3 is 21.3 Å². The van der Waals surface area contributed by atoms with Crippen LogP contribution in [0.15, 0.2) is 53.5 Å². The van der Waals surface area contributed by atoms with Gasteiger partial charge in [-0.25, -0.2) is 9.18 Å². The van der Waals surface area contributed by atoms with E-state index in [2.05, 4.69) is 30.7 Å². The lowest BCUT2D eigenvalue weighted by Crippen LogP contribution is -2.42. The van der Waals surface area contributed by atoms with E-state index in [0.29, 0.717) is 24.8 Å². The van der Waals surface area contributed by atoms with Gasteiger partial charge in [-0.2, -0.15) is 4.99 Å². The summed E-state index contributed by atoms with van der Waals surface area (Å²) in [6.45, 7) is 9.92. The second-order valence-electron chi connectivity index (χ2n) is 8.38. The number of aliphatic hydroxyl groups is 1. The van der Waals surface area contributed by atoms with E-state index >= 15 is 0 Å². The number of hydrogen-bond acceptors (Lipinski definition) is 4. The molecule has 1 aliphatic heterocycles. The lowest BCUT2D eigenvalue weighted by Gasteiger charge is -2.25. The minimum atomic E-state index is -0.745. The first kappa shape index (κ1) is 28.5. The Bertz CT molecular complexity index is 883. The van der Waals surface area contributed by atoms with Crippen LogP contribution in [0.25, 0.3) is 0 Å². The Morgan fingerprint density at radius 1 is 1.15 bits per heavy atom. The standard InChI is InChI=1S/C11H15ClO.C7H14N4O2.C6H5F/c1-11(2,3)9-4-8(7-13)5-10(12)6-9;8-6(10-7(9)12)5-11-1-3-13-4-2-11;7-6-4-2-1-3-5-6/h4-6,13H,7H2,1-3H3;1-5H2,(H4,8,9,10,12);1-5H. The fourth-order valence-corrected chi connectivity index (χ4v) is 3.01. The highest BCUT2D eigenvalue weighted by molar-refractivity contribution is 6.30. The Balaban J connectivity index is 0.000000259. The van der Waals surface area contributed by atoms with Crippen LogP contribution in [0.1, 0.15) is 31.9 Å². The number of carbonyl (C=O) groups excluding carboxylic acids is 1. The second-order valence-corrected chi connectivity index (χ2v) is 8.82. The zero-order chi connectivity index (χ0) is 24.9. The molecule has 0 aliphatic carbocycles. The number of primary amides is 1. The van der Waals surface area contributed by atoms with E-state index in [1.807, 2.05) is 12.1 Å². The van der Waals surface area contributed by atoms with Gasteiger partial charge in [-0.1, -0.05) is 56.6 Å². The van der Waals surface area contributed by atoms with Gasteiger partial charge in [0, 0.05) is 18.1 Å². The Hall–Kier alpha value is -2.52. The van der Waals surface area contributed by atoms with Gasteiger partial charge in [-0.15, -0.1) is 0 Å². The molecule has 0 spiro atoms. The summed E-state index contributed by atoms with van der Waals surface area (Å²) < 4.78 is 17.1. The van der Waals surface area contributed by atoms with Crippen molar-refractivity contribution in [2.24, 2.45) is 16.5 Å². The Morgan fingerprint density at radius 3 is 2.21 bits per heavy atom. The number of ether oxygens (including phenoxy) is 1. The predicted molar refractivity (Wildman–Crippen MR) is 131 cm³/mol. The van der Waals surface area contributed by atoms with Gasteiger partial charge in [-0.3, -0.25) is 4.90 Å². The average Bonchev–Trinajstić information content (AvgIpc) is 2.74. The number of amides is 2. The summed E-state index contributed by atoms with van der Waals surface area (Å²) in [7, 11) is 0. The summed E-state index contributed by atoms with van der Waals surface area (Å²) >= 11 is 5.92. The van der Waals surface area contributed by atoms with E-state index in [4.69, 9.17) is 32.9 Å². The maximum atomic E-state index is 11.9. The first-order valence-electron chi connectivity index (χ1n) is 10.5. The van der Waals surface area contributed by atoms with E-state index in [1.165, 1.54) is 12.1 Å². The van der Waals surface area contributed by atoms with Gasteiger partial charge in [0.1, 0.15) is 11.7 Å². The highest BCUT2D eigenvalue weighted by Crippen LogP contribution is 2.26. The zero-order valence-corrected chi connectivity index (χ0v) is 20.2. The van der Waals surface area contributed by atoms with Crippen molar-refractivity contribution in [3.63, 3.8) is 0 Å². The molecule has 1 heterocycles. The van der Waals surface area contributed by atoms with Crippen molar-refractivity contribution >= 4 is 23.5 Å². The van der Waals surface area contributed by atoms with Gasteiger partial charge in [0.15, 0.2) is 0 Å². The molecule has 33 heavy (non-hydrogen) atoms. The minimum Gasteiger partial charge on any atom is -0.392 e. The summed E-state index contributed by atoms with van der Waals surface area (Å²) in [6.07, 6.45) is 0. The molecular weight excluding hydrogens is 447 g/mol. The van der Waals surface area contributed by atoms with Gasteiger partial charge in [-0.05, 0) is 40.8 Å². The van der Waals surface area contributed by atoms with Crippen LogP contribution < -0.4 is 11.5 Å². The maximum Gasteiger partial charge on any atom is 0.340 e. The Kier molecular flexibility index (Phi) is 12.6. The molecule has 2 amide bonds. The second kappa shape index (κ2) is 14.6. The molecule has 2 aromatic carbocycles. The number of benzene rings is 2. The molecule has 0 atom stereocenters. The van der Waals surface area contributed by atoms with E-state index < -0.39 is 6.03 Å². The van der Waals surface area contributed by atoms with Crippen molar-refractivity contribution in [1.82, 2.24) is 4.90 Å². The number of rotatable bonds is 3. The molecule has 1 saturated heterocycles. The van der Waals surface area contributed by atoms with Crippen LogP contribution in [0.4, 0.5) is 9.18 Å². The van der Waals surface area contributed by atoms with Crippen molar-refractivity contribution < 1.29 is 19.0 Å². The molecular formula is C24H34ClFN4O3. The van der Waals surface area contributed by atoms with Crippen LogP contribution in [0.5, 0.6) is 0 Å². The molecule has 0 radical (unpaired) electrons. The highest BCUT2D eigenvalue weighted by Gasteiger charge is 2.14. The number of nitrogens with two attached hydrogens (primary N) is 2. The van der Waals surface area contributed by atoms with Crippen molar-refractivity contribution in [3.05, 3.63) is 70.5 Å². The smallest absolute Gasteiger partial charge is 0.340 e. The molecule has 3 rings (SSSR count). The third kappa shape index (κ3) is 12.9. The van der Waals surface area contributed by atoms with Crippen LogP contribution in [0, 0.1) is 5.82 Å². The molecule has 1 fully saturated rings. The molecule has 0 unspecified atom stereocenters. The van der Waals surface area contributed by atoms with Crippen LogP contribution in [0.2, 0.25) is 5.02 Å². The largest absolute Gasteiger partial charge is 0.392 e. The van der Waals surface area contributed by atoms with Crippen LogP contribution in [-0.4, -0.2) is 54.7 Å². The molecule has 2 aromatic rings. The topological polar surface area (TPSA) is 114 Å². The summed E-state index contributed by atoms with van der Waals surface area (Å²) in [5.74, 6) is 0.0805. The number of aliphatic imine (C=N–C) groups is 1. The molecule has 1 aliphatic rings. The number of aliphatic hydroxyl groups excluding tert-OH is 1. The number of hydrogen-bond donors (Lipinski definition) is 3. The van der Waals surface area contributed by atoms with Crippen molar-refractivity contribution in [2.45, 2.75) is 32.8 Å². The number of morpholine rings is 1. The third-order valence-electron chi connectivity index (χ3n) is 4.48. The highest BCUT2D eigenvalue weighted by atomic mass is 35.5. The van der Waals surface area contributed by atoms with Crippen LogP contribution in [-0.2, 0) is 16.8 Å². The normalized spacial score (nSPS) is 14.4. The monoisotopic (exact) mass is 480 g/mol. The third-order valence-corrected chi connectivity index (χ3v) is 4.70. The molecule has 0 aromatic heterocycles. The maximum absolute atomic E-state index is 11.9. The van der Waals surface area contributed by atoms with Gasteiger partial charge in [0.05, 0.1) is 26.4 Å². The number of amidine groups is 1. The molecule has 0 saturated carbocycles. The Labute approximate surface area is 200 Å². The van der Waals surface area contributed by atoms with Gasteiger partial charge in [0.2, 0.25) is 0 Å². The number of halogens is 2. The lowest BCUT2D eigenvalue weighted by molar-refractivity contribution is 0.0452. The lowest BCUT2D eigenvalue weighted by atomic mass is 9.86. The van der Waals surface area contributed by atoms with Gasteiger partial charge in [0.25, 0.3) is 0 Å². The predicted octanol–water partition coefficient (Wildman–Crippen LogP) is 3.71. The quantitative estimate of drug-likeness (QED) is 0.457. The van der Waals surface area contributed by atoms with Crippen molar-refractivity contribution in [3.8, 4) is 0 Å². The number of carbonyl (C=O) groups is 1. The molecule has 9 heteroatoms. The Morgan fingerprint density at radius 2 is 1.76 bits per heavy atom. The fraction of sp³-hybridized carbons (Fsp3) is 0.417. The number of urea groups is 1. The van der Waals surface area contributed by atoms with E-state index in [-0.39, 0.29) is 23.7 Å². The van der Waals surface area contributed by atoms with Crippen LogP contribution in [0.3, 0.4) is 0 Å². The fourth-order valence-electron chi connectivity index (χ4n) is 2.75.